The van der Waals surface area contributed by atoms with Crippen LogP contribution in [-0.4, -0.2) is 15.5 Å². The summed E-state index contributed by atoms with van der Waals surface area (Å²) in [4.78, 5) is -0.314. The maximum Gasteiger partial charge on any atom is 0.261 e. The second kappa shape index (κ2) is 3.51. The molecule has 0 spiro atoms. The van der Waals surface area contributed by atoms with Gasteiger partial charge in [-0.15, -0.1) is 0 Å². The van der Waals surface area contributed by atoms with Crippen LogP contribution in [0.2, 0.25) is 0 Å². The zero-order valence-corrected chi connectivity index (χ0v) is 8.19. The van der Waals surface area contributed by atoms with Crippen LogP contribution in [0.5, 0.6) is 5.75 Å². The van der Waals surface area contributed by atoms with Crippen molar-refractivity contribution in [3.05, 3.63) is 24.0 Å². The molecule has 0 bridgehead atoms. The lowest BCUT2D eigenvalue weighted by molar-refractivity contribution is 0.409. The fourth-order valence-corrected chi connectivity index (χ4v) is 1.57. The number of ether oxygens (including phenoxy) is 1. The van der Waals surface area contributed by atoms with E-state index in [1.165, 1.54) is 7.11 Å². The highest BCUT2D eigenvalue weighted by atomic mass is 35.7. The van der Waals surface area contributed by atoms with Gasteiger partial charge >= 0.3 is 0 Å². The van der Waals surface area contributed by atoms with Crippen LogP contribution in [0.1, 0.15) is 0 Å². The molecule has 3 nitrogen and oxygen atoms in total. The number of benzene rings is 1. The fourth-order valence-electron chi connectivity index (χ4n) is 0.796. The third-order valence-electron chi connectivity index (χ3n) is 1.36. The van der Waals surface area contributed by atoms with Crippen LogP contribution in [0, 0.1) is 5.82 Å². The van der Waals surface area contributed by atoms with E-state index in [1.54, 1.807) is 0 Å². The zero-order valence-electron chi connectivity index (χ0n) is 6.62. The summed E-state index contributed by atoms with van der Waals surface area (Å²) in [7, 11) is 2.41. The molecule has 0 aliphatic rings. The van der Waals surface area contributed by atoms with Gasteiger partial charge in [0.15, 0.2) is 0 Å². The van der Waals surface area contributed by atoms with E-state index in [0.717, 1.165) is 18.2 Å². The Morgan fingerprint density at radius 2 is 2.00 bits per heavy atom. The molecule has 1 aromatic rings. The molecule has 0 atom stereocenters. The first-order chi connectivity index (χ1) is 5.93. The van der Waals surface area contributed by atoms with Gasteiger partial charge in [-0.2, -0.15) is 0 Å². The van der Waals surface area contributed by atoms with Gasteiger partial charge in [-0.1, -0.05) is 0 Å². The first kappa shape index (κ1) is 10.3. The molecule has 0 aromatic heterocycles. The monoisotopic (exact) mass is 224 g/mol. The largest absolute Gasteiger partial charge is 0.497 e. The predicted octanol–water partition coefficient (Wildman–Crippen LogP) is 1.76. The van der Waals surface area contributed by atoms with Gasteiger partial charge in [-0.05, 0) is 6.07 Å². The van der Waals surface area contributed by atoms with Gasteiger partial charge in [-0.25, -0.2) is 12.8 Å². The molecular formula is C7H6ClFO3S. The van der Waals surface area contributed by atoms with E-state index in [0.29, 0.717) is 0 Å². The quantitative estimate of drug-likeness (QED) is 0.719. The van der Waals surface area contributed by atoms with Gasteiger partial charge in [0.1, 0.15) is 11.6 Å². The lowest BCUT2D eigenvalue weighted by atomic mass is 10.3. The molecule has 0 saturated heterocycles. The molecule has 0 radical (unpaired) electrons. The number of halogens is 2. The summed E-state index contributed by atoms with van der Waals surface area (Å²) >= 11 is 0. The van der Waals surface area contributed by atoms with Gasteiger partial charge in [0.25, 0.3) is 9.05 Å². The van der Waals surface area contributed by atoms with Crippen molar-refractivity contribution in [3.63, 3.8) is 0 Å². The first-order valence-electron chi connectivity index (χ1n) is 3.23. The Hall–Kier alpha value is -0.810. The van der Waals surface area contributed by atoms with E-state index < -0.39 is 14.9 Å². The fraction of sp³-hybridized carbons (Fsp3) is 0.143. The second-order valence-electron chi connectivity index (χ2n) is 2.26. The molecule has 0 heterocycles. The molecular weight excluding hydrogens is 219 g/mol. The topological polar surface area (TPSA) is 43.4 Å². The number of rotatable bonds is 2. The Balaban J connectivity index is 3.33. The minimum atomic E-state index is -3.91. The van der Waals surface area contributed by atoms with E-state index in [2.05, 4.69) is 4.74 Å². The van der Waals surface area contributed by atoms with Crippen molar-refractivity contribution in [1.82, 2.24) is 0 Å². The molecule has 0 aliphatic carbocycles. The average molecular weight is 225 g/mol. The highest BCUT2D eigenvalue weighted by molar-refractivity contribution is 8.13. The Bertz CT molecular complexity index is 416. The van der Waals surface area contributed by atoms with E-state index in [9.17, 15) is 12.8 Å². The normalized spacial score (nSPS) is 11.3. The predicted molar refractivity (Wildman–Crippen MR) is 46.0 cm³/mol. The van der Waals surface area contributed by atoms with Crippen molar-refractivity contribution in [3.8, 4) is 5.75 Å². The molecule has 0 amide bonds. The van der Waals surface area contributed by atoms with Crippen molar-refractivity contribution >= 4 is 19.7 Å². The van der Waals surface area contributed by atoms with Gasteiger partial charge < -0.3 is 4.74 Å². The van der Waals surface area contributed by atoms with Crippen LogP contribution in [0.15, 0.2) is 23.1 Å². The number of hydrogen-bond donors (Lipinski definition) is 0. The third-order valence-corrected chi connectivity index (χ3v) is 2.70. The summed E-state index contributed by atoms with van der Waals surface area (Å²) in [6.45, 7) is 0. The molecule has 13 heavy (non-hydrogen) atoms. The minimum absolute atomic E-state index is 0.110. The average Bonchev–Trinajstić information content (AvgIpc) is 2.01. The molecule has 6 heteroatoms. The molecule has 0 fully saturated rings. The van der Waals surface area contributed by atoms with E-state index in [4.69, 9.17) is 10.7 Å². The molecule has 0 saturated carbocycles. The van der Waals surface area contributed by atoms with E-state index in [1.807, 2.05) is 0 Å². The SMILES string of the molecule is COc1cc(F)cc(S(=O)(=O)Cl)c1. The van der Waals surface area contributed by atoms with E-state index >= 15 is 0 Å². The van der Waals surface area contributed by atoms with Crippen molar-refractivity contribution in [2.75, 3.05) is 7.11 Å². The minimum Gasteiger partial charge on any atom is -0.497 e. The molecule has 0 aliphatic heterocycles. The number of methoxy groups -OCH3 is 1. The third kappa shape index (κ3) is 2.57. The maximum absolute atomic E-state index is 12.7. The smallest absolute Gasteiger partial charge is 0.261 e. The Kier molecular flexibility index (Phi) is 2.77. The van der Waals surface area contributed by atoms with Crippen LogP contribution < -0.4 is 4.74 Å². The highest BCUT2D eigenvalue weighted by Gasteiger charge is 2.12. The number of hydrogen-bond acceptors (Lipinski definition) is 3. The molecule has 72 valence electrons. The highest BCUT2D eigenvalue weighted by Crippen LogP contribution is 2.22. The van der Waals surface area contributed by atoms with Gasteiger partial charge in [0.05, 0.1) is 12.0 Å². The molecule has 1 rings (SSSR count). The Morgan fingerprint density at radius 1 is 1.38 bits per heavy atom. The van der Waals surface area contributed by atoms with Crippen molar-refractivity contribution in [2.45, 2.75) is 4.90 Å². The lowest BCUT2D eigenvalue weighted by Gasteiger charge is -2.01. The lowest BCUT2D eigenvalue weighted by Crippen LogP contribution is -1.93. The van der Waals surface area contributed by atoms with Crippen molar-refractivity contribution in [1.29, 1.82) is 0 Å². The summed E-state index contributed by atoms with van der Waals surface area (Å²) in [5, 5.41) is 0. The van der Waals surface area contributed by atoms with Crippen LogP contribution >= 0.6 is 10.7 Å². The molecule has 1 aromatic carbocycles. The first-order valence-corrected chi connectivity index (χ1v) is 5.53. The summed E-state index contributed by atoms with van der Waals surface area (Å²) in [6, 6.07) is 3.03. The van der Waals surface area contributed by atoms with Crippen LogP contribution in [0.3, 0.4) is 0 Å². The Morgan fingerprint density at radius 3 is 2.46 bits per heavy atom. The Labute approximate surface area is 79.5 Å². The van der Waals surface area contributed by atoms with E-state index in [-0.39, 0.29) is 10.6 Å². The summed E-state index contributed by atoms with van der Waals surface area (Å²) < 4.78 is 39.0. The standard InChI is InChI=1S/C7H6ClFO3S/c1-12-6-2-5(9)3-7(4-6)13(8,10)11/h2-4H,1H3. The summed E-state index contributed by atoms with van der Waals surface area (Å²) in [6.07, 6.45) is 0. The van der Waals surface area contributed by atoms with Gasteiger partial charge in [0, 0.05) is 22.8 Å². The van der Waals surface area contributed by atoms with Gasteiger partial charge in [-0.3, -0.25) is 0 Å². The van der Waals surface area contributed by atoms with Crippen LogP contribution in [-0.2, 0) is 9.05 Å². The molecule has 0 N–H and O–H groups in total. The van der Waals surface area contributed by atoms with Gasteiger partial charge in [0.2, 0.25) is 0 Å². The second-order valence-corrected chi connectivity index (χ2v) is 4.83. The van der Waals surface area contributed by atoms with Crippen LogP contribution in [0.4, 0.5) is 4.39 Å². The molecule has 0 unspecified atom stereocenters. The summed E-state index contributed by atoms with van der Waals surface area (Å²) in [5.74, 6) is -0.599. The van der Waals surface area contributed by atoms with Crippen LogP contribution in [0.25, 0.3) is 0 Å². The zero-order chi connectivity index (χ0) is 10.1. The van der Waals surface area contributed by atoms with Crippen molar-refractivity contribution < 1.29 is 17.5 Å². The maximum atomic E-state index is 12.7. The summed E-state index contributed by atoms with van der Waals surface area (Å²) in [5.41, 5.74) is 0. The van der Waals surface area contributed by atoms with Crippen molar-refractivity contribution in [2.24, 2.45) is 0 Å².